The van der Waals surface area contributed by atoms with Gasteiger partial charge in [0.1, 0.15) is 90.4 Å². The fourth-order valence-electron chi connectivity index (χ4n) is 12.8. The molecule has 0 aliphatic carbocycles. The van der Waals surface area contributed by atoms with Crippen LogP contribution < -0.4 is 31.9 Å². The summed E-state index contributed by atoms with van der Waals surface area (Å²) in [6.07, 6.45) is -3.43. The fourth-order valence-corrected chi connectivity index (χ4v) is 13.6. The number of aliphatic hydroxyl groups is 12. The first-order valence-electron chi connectivity index (χ1n) is 42.7. The maximum Gasteiger partial charge on any atom is 0.222 e. The number of hydrogen-bond acceptors (Lipinski definition) is 31. The van der Waals surface area contributed by atoms with Crippen LogP contribution in [-0.2, 0) is 90.1 Å². The molecule has 7 unspecified atom stereocenters. The number of nitrogens with one attached hydrogen (secondary N) is 6. The Balaban J connectivity index is 0.0000480. The lowest BCUT2D eigenvalue weighted by Crippen LogP contribution is -2.59. The van der Waals surface area contributed by atoms with Gasteiger partial charge in [-0.2, -0.15) is 0 Å². The maximum atomic E-state index is 14.0. The van der Waals surface area contributed by atoms with Crippen LogP contribution in [0.3, 0.4) is 0 Å². The summed E-state index contributed by atoms with van der Waals surface area (Å²) in [6.45, 7) is 8.46. The molecule has 16 atom stereocenters. The number of amides is 6. The van der Waals surface area contributed by atoms with Gasteiger partial charge in [0.15, 0.2) is 18.9 Å². The largest absolute Gasteiger partial charge is 0.394 e. The highest BCUT2D eigenvalue weighted by molar-refractivity contribution is 7.61. The van der Waals surface area contributed by atoms with Crippen molar-refractivity contribution in [3.8, 4) is 0 Å². The van der Waals surface area contributed by atoms with Crippen LogP contribution in [0, 0.1) is 6.66 Å². The van der Waals surface area contributed by atoms with Crippen molar-refractivity contribution in [2.45, 2.75) is 343 Å². The molecule has 3 rings (SSSR count). The van der Waals surface area contributed by atoms with E-state index in [1.165, 1.54) is 0 Å². The predicted molar refractivity (Wildman–Crippen MR) is 435 cm³/mol. The average molecular weight is 1740 g/mol. The summed E-state index contributed by atoms with van der Waals surface area (Å²) < 4.78 is 69.1. The third kappa shape index (κ3) is 47.4. The van der Waals surface area contributed by atoms with Gasteiger partial charge >= 0.3 is 0 Å². The smallest absolute Gasteiger partial charge is 0.222 e. The first-order valence-corrected chi connectivity index (χ1v) is 44.5. The van der Waals surface area contributed by atoms with Crippen molar-refractivity contribution < 1.29 is 151 Å². The normalized spacial score (nSPS) is 24.3. The van der Waals surface area contributed by atoms with Gasteiger partial charge in [0, 0.05) is 122 Å². The molecule has 696 valence electrons. The van der Waals surface area contributed by atoms with Crippen molar-refractivity contribution >= 4 is 54.4 Å². The number of aliphatic hydroxyl groups excluding tert-OH is 12. The van der Waals surface area contributed by atoms with Gasteiger partial charge in [-0.05, 0) is 89.9 Å². The van der Waals surface area contributed by atoms with Gasteiger partial charge in [-0.25, -0.2) is 0 Å². The molecular formula is C81H150N6O31P-. The van der Waals surface area contributed by atoms with Crippen molar-refractivity contribution in [1.82, 2.24) is 31.9 Å². The Morgan fingerprint density at radius 3 is 0.916 bits per heavy atom. The van der Waals surface area contributed by atoms with Crippen LogP contribution in [0.4, 0.5) is 0 Å². The van der Waals surface area contributed by atoms with Crippen molar-refractivity contribution in [2.75, 3.05) is 119 Å². The van der Waals surface area contributed by atoms with E-state index in [2.05, 4.69) is 38.6 Å². The van der Waals surface area contributed by atoms with Gasteiger partial charge in [0.2, 0.25) is 35.4 Å². The zero-order valence-corrected chi connectivity index (χ0v) is 70.9. The summed E-state index contributed by atoms with van der Waals surface area (Å²) in [5, 5.41) is 135. The number of ether oxygens (including phenoxy) is 9. The molecule has 3 aliphatic rings. The Labute approximate surface area is 703 Å². The molecule has 6 amide bonds. The second-order valence-corrected chi connectivity index (χ2v) is 34.8. The minimum absolute atomic E-state index is 0. The Morgan fingerprint density at radius 1 is 0.328 bits per heavy atom. The number of hydrogen-bond donors (Lipinski definition) is 18. The highest BCUT2D eigenvalue weighted by atomic mass is 31.2. The second kappa shape index (κ2) is 64.3. The van der Waals surface area contributed by atoms with E-state index >= 15 is 0 Å². The zero-order valence-electron chi connectivity index (χ0n) is 70.0. The molecule has 0 radical (unpaired) electrons. The van der Waals surface area contributed by atoms with E-state index < -0.39 is 130 Å². The van der Waals surface area contributed by atoms with Crippen LogP contribution in [0.15, 0.2) is 0 Å². The molecule has 3 heterocycles. The standard InChI is InChI=1S/C80H146N6O31P.CH4/c1-79(2,3)118(4,107)114-46-22-13-9-11-15-29-56(90)28-14-10-7-5-6-8-12-16-34-66(97)86-80(53-108-47-35-63(94)81-38-21-17-30-57(91)31-18-23-43-111-76-73(104)70(101)67(98)58(50-87)115-76,54-109-48-36-64(95)84-41-26-39-82-61(92)32-19-24-44-112-77-74(105)71(102)68(99)59(51-88)116-77)55-110-49-37-65(96)85-42-27-40-83-62(93)33-20-25-45-113-78-75(106)72(103)69(100)60(52-89)117-78;/h58-60,67-78,87-89,98-106H,4-55H2,1-3H3,(H,81,94)(H,82,92)(H,83,93)(H,84,95)(H,85,96)(H,86,97);1H4/q-1;/t58?,59?,60?,67-,68-,69-,70+,71+,72+,73?,74?,75?,76+,77+,78+,80?,118?;/m1./s1. The number of carbonyl (C=O) groups is 8. The number of carbonyl (C=O) groups excluding carboxylic acids is 8. The van der Waals surface area contributed by atoms with Crippen LogP contribution in [0.2, 0.25) is 0 Å². The molecule has 119 heavy (non-hydrogen) atoms. The highest BCUT2D eigenvalue weighted by Crippen LogP contribution is 2.57. The molecule has 3 saturated heterocycles. The van der Waals surface area contributed by atoms with Crippen LogP contribution in [-0.4, -0.2) is 330 Å². The van der Waals surface area contributed by atoms with Crippen molar-refractivity contribution in [1.29, 1.82) is 0 Å². The summed E-state index contributed by atoms with van der Waals surface area (Å²) in [7, 11) is -2.92. The van der Waals surface area contributed by atoms with Crippen LogP contribution >= 0.6 is 7.37 Å². The average Bonchev–Trinajstić information content (AvgIpc) is 0.819. The van der Waals surface area contributed by atoms with Crippen molar-refractivity contribution in [3.05, 3.63) is 6.66 Å². The maximum absolute atomic E-state index is 14.0. The SMILES string of the molecule is C.[CH2-]P(=O)(OCCCCCCCC(=O)CCCCCCCCCCC(=O)NC(COCCC(=O)NCCCCC(=O)CCCCO[C@H]1OC(CO)[C@@H](O)[C@H](O)C1O)(COCCC(=O)NCCCNC(=O)CCCCO[C@H]1OC(CO)[C@@H](O)[C@H](O)C1O)COCCC(=O)NCCCNC(=O)CCCCO[C@H]1OC(CO)[C@@H](O)[C@H](O)C1O)C(C)(C)C. The second-order valence-electron chi connectivity index (χ2n) is 31.8. The van der Waals surface area contributed by atoms with Gasteiger partial charge in [-0.3, -0.25) is 45.0 Å². The summed E-state index contributed by atoms with van der Waals surface area (Å²) in [4.78, 5) is 104. The molecule has 3 fully saturated rings. The van der Waals surface area contributed by atoms with E-state index in [-0.39, 0.29) is 198 Å². The summed E-state index contributed by atoms with van der Waals surface area (Å²) in [6, 6.07) is 0. The lowest BCUT2D eigenvalue weighted by Gasteiger charge is -2.39. The minimum atomic E-state index is -2.92. The number of unbranched alkanes of at least 4 members (excludes halogenated alkanes) is 15. The molecule has 0 bridgehead atoms. The topological polar surface area (TPSA) is 561 Å². The molecule has 0 saturated carbocycles. The van der Waals surface area contributed by atoms with Gasteiger partial charge in [-0.1, -0.05) is 86.0 Å². The molecule has 18 N–H and O–H groups in total. The first kappa shape index (κ1) is 111. The third-order valence-corrected chi connectivity index (χ3v) is 23.2. The Hall–Kier alpha value is -4.49. The molecule has 3 aliphatic heterocycles. The monoisotopic (exact) mass is 1730 g/mol. The lowest BCUT2D eigenvalue weighted by atomic mass is 9.99. The molecule has 0 aromatic carbocycles. The van der Waals surface area contributed by atoms with E-state index in [1.807, 2.05) is 20.8 Å². The molecule has 0 aromatic rings. The van der Waals surface area contributed by atoms with Crippen LogP contribution in [0.25, 0.3) is 0 Å². The Morgan fingerprint density at radius 2 is 0.588 bits per heavy atom. The van der Waals surface area contributed by atoms with E-state index in [9.17, 15) is 104 Å². The Bertz CT molecular complexity index is 2600. The summed E-state index contributed by atoms with van der Waals surface area (Å²) in [5.41, 5.74) is -1.40. The zero-order chi connectivity index (χ0) is 87.2. The van der Waals surface area contributed by atoms with E-state index in [1.54, 1.807) is 0 Å². The van der Waals surface area contributed by atoms with Gasteiger partial charge < -0.3 is 145 Å². The van der Waals surface area contributed by atoms with Crippen LogP contribution in [0.5, 0.6) is 0 Å². The van der Waals surface area contributed by atoms with Crippen LogP contribution in [0.1, 0.15) is 240 Å². The van der Waals surface area contributed by atoms with Gasteiger partial charge in [0.25, 0.3) is 0 Å². The summed E-state index contributed by atoms with van der Waals surface area (Å²) in [5.74, 6) is -1.61. The molecule has 0 aromatic heterocycles. The van der Waals surface area contributed by atoms with Crippen molar-refractivity contribution in [3.63, 3.8) is 0 Å². The highest BCUT2D eigenvalue weighted by Gasteiger charge is 2.47. The van der Waals surface area contributed by atoms with Gasteiger partial charge in [0.05, 0.1) is 73.4 Å². The fraction of sp³-hybridized carbons (Fsp3) is 0.889. The first-order chi connectivity index (χ1) is 56.4. The quantitative estimate of drug-likeness (QED) is 0.0233. The summed E-state index contributed by atoms with van der Waals surface area (Å²) >= 11 is 0. The number of Topliss-reactive ketones (excluding diaryl/α,β-unsaturated/α-hetero) is 2. The molecule has 0 spiro atoms. The van der Waals surface area contributed by atoms with E-state index in [4.69, 9.17) is 47.2 Å². The van der Waals surface area contributed by atoms with Crippen molar-refractivity contribution in [2.24, 2.45) is 0 Å². The molecule has 38 heteroatoms. The molecule has 37 nitrogen and oxygen atoms in total. The third-order valence-electron chi connectivity index (χ3n) is 20.5. The number of rotatable bonds is 70. The Kier molecular flexibility index (Phi) is 59.7. The predicted octanol–water partition coefficient (Wildman–Crippen LogP) is 1.45. The lowest BCUT2D eigenvalue weighted by molar-refractivity contribution is -0.301. The van der Waals surface area contributed by atoms with E-state index in [0.29, 0.717) is 90.1 Å². The van der Waals surface area contributed by atoms with E-state index in [0.717, 1.165) is 77.0 Å². The molecular weight excluding hydrogens is 1580 g/mol. The minimum Gasteiger partial charge on any atom is -0.394 e. The van der Waals surface area contributed by atoms with Gasteiger partial charge in [-0.15, -0.1) is 0 Å². The number of ketones is 2.